The van der Waals surface area contributed by atoms with Crippen LogP contribution >= 0.6 is 0 Å². The Morgan fingerprint density at radius 1 is 1.16 bits per heavy atom. The Morgan fingerprint density at radius 2 is 1.84 bits per heavy atom. The predicted octanol–water partition coefficient (Wildman–Crippen LogP) is 0.365. The fraction of sp³-hybridized carbons (Fsp3) is 0.909. The highest BCUT2D eigenvalue weighted by atomic mass is 16.9. The Hall–Kier alpha value is -1.41. The maximum atomic E-state index is 11.4. The smallest absolute Gasteiger partial charge is 0.322 e. The molecule has 0 fully saturated rings. The number of carbonyl (C=O) groups excluding carboxylic acids is 1. The van der Waals surface area contributed by atoms with E-state index in [9.17, 15) is 14.9 Å². The molecule has 4 N–H and O–H groups in total. The van der Waals surface area contributed by atoms with Crippen LogP contribution in [0.1, 0.15) is 38.5 Å². The van der Waals surface area contributed by atoms with Crippen LogP contribution in [0.25, 0.3) is 0 Å². The van der Waals surface area contributed by atoms with Gasteiger partial charge in [-0.25, -0.2) is 0 Å². The minimum Gasteiger partial charge on any atom is -0.465 e. The van der Waals surface area contributed by atoms with Gasteiger partial charge in [-0.15, -0.1) is 10.1 Å². The molecule has 0 saturated carbocycles. The van der Waals surface area contributed by atoms with Crippen LogP contribution < -0.4 is 11.5 Å². The van der Waals surface area contributed by atoms with Gasteiger partial charge in [0.2, 0.25) is 0 Å². The number of nitrogens with zero attached hydrogens (tertiary/aromatic N) is 1. The summed E-state index contributed by atoms with van der Waals surface area (Å²) in [7, 11) is 0. The van der Waals surface area contributed by atoms with Crippen molar-refractivity contribution in [2.24, 2.45) is 11.5 Å². The summed E-state index contributed by atoms with van der Waals surface area (Å²) in [6, 6.07) is -0.593. The summed E-state index contributed by atoms with van der Waals surface area (Å²) < 4.78 is 4.99. The van der Waals surface area contributed by atoms with E-state index in [1.807, 2.05) is 0 Å². The normalized spacial score (nSPS) is 11.9. The molecule has 0 aliphatic heterocycles. The molecule has 8 heteroatoms. The van der Waals surface area contributed by atoms with Crippen molar-refractivity contribution < 1.29 is 19.5 Å². The van der Waals surface area contributed by atoms with Crippen LogP contribution in [0.15, 0.2) is 0 Å². The van der Waals surface area contributed by atoms with Gasteiger partial charge in [0.1, 0.15) is 6.04 Å². The van der Waals surface area contributed by atoms with Crippen molar-refractivity contribution in [1.82, 2.24) is 0 Å². The average Bonchev–Trinajstić information content (AvgIpc) is 2.37. The topological polar surface area (TPSA) is 131 Å². The van der Waals surface area contributed by atoms with Crippen molar-refractivity contribution in [3.05, 3.63) is 10.1 Å². The Morgan fingerprint density at radius 3 is 2.47 bits per heavy atom. The van der Waals surface area contributed by atoms with E-state index >= 15 is 0 Å². The molecule has 0 spiro atoms. The van der Waals surface area contributed by atoms with Gasteiger partial charge in [-0.2, -0.15) is 0 Å². The summed E-state index contributed by atoms with van der Waals surface area (Å²) in [6.07, 6.45) is 4.13. The molecule has 0 heterocycles. The Balaban J connectivity index is 3.39. The number of esters is 1. The van der Waals surface area contributed by atoms with Crippen LogP contribution in [0.2, 0.25) is 0 Å². The van der Waals surface area contributed by atoms with E-state index in [4.69, 9.17) is 16.2 Å². The third kappa shape index (κ3) is 11.4. The van der Waals surface area contributed by atoms with Gasteiger partial charge < -0.3 is 21.0 Å². The van der Waals surface area contributed by atoms with Crippen LogP contribution in [0.3, 0.4) is 0 Å². The molecule has 0 aliphatic rings. The number of ether oxygens (including phenoxy) is 1. The van der Waals surface area contributed by atoms with E-state index in [0.29, 0.717) is 32.2 Å². The van der Waals surface area contributed by atoms with Crippen LogP contribution in [0.5, 0.6) is 0 Å². The second-order valence-corrected chi connectivity index (χ2v) is 4.18. The highest BCUT2D eigenvalue weighted by Gasteiger charge is 2.13. The minimum atomic E-state index is -0.819. The first kappa shape index (κ1) is 17.6. The molecule has 0 aromatic rings. The van der Waals surface area contributed by atoms with Gasteiger partial charge in [-0.05, 0) is 38.6 Å². The zero-order chi connectivity index (χ0) is 14.5. The van der Waals surface area contributed by atoms with Crippen molar-refractivity contribution in [2.45, 2.75) is 44.6 Å². The summed E-state index contributed by atoms with van der Waals surface area (Å²) in [5, 5.41) is 9.03. The molecule has 0 radical (unpaired) electrons. The fourth-order valence-corrected chi connectivity index (χ4v) is 1.43. The van der Waals surface area contributed by atoms with Gasteiger partial charge in [0.15, 0.2) is 0 Å². The van der Waals surface area contributed by atoms with Crippen LogP contribution in [0, 0.1) is 10.1 Å². The average molecular weight is 277 g/mol. The Bertz CT molecular complexity index is 263. The molecular formula is C11H23N3O5. The number of hydrogen-bond donors (Lipinski definition) is 2. The number of rotatable bonds is 12. The predicted molar refractivity (Wildman–Crippen MR) is 68.6 cm³/mol. The van der Waals surface area contributed by atoms with Crippen molar-refractivity contribution >= 4 is 5.97 Å². The second-order valence-electron chi connectivity index (χ2n) is 4.18. The molecule has 0 aromatic carbocycles. The van der Waals surface area contributed by atoms with E-state index in [2.05, 4.69) is 4.84 Å². The molecule has 112 valence electrons. The molecule has 8 nitrogen and oxygen atoms in total. The lowest BCUT2D eigenvalue weighted by molar-refractivity contribution is -0.757. The largest absolute Gasteiger partial charge is 0.465 e. The number of nitrogens with two attached hydrogens (primary N) is 2. The maximum Gasteiger partial charge on any atom is 0.322 e. The van der Waals surface area contributed by atoms with Gasteiger partial charge in [0, 0.05) is 0 Å². The lowest BCUT2D eigenvalue weighted by atomic mass is 10.1. The monoisotopic (exact) mass is 277 g/mol. The highest BCUT2D eigenvalue weighted by molar-refractivity contribution is 5.75. The van der Waals surface area contributed by atoms with Crippen molar-refractivity contribution in [2.75, 3.05) is 19.8 Å². The van der Waals surface area contributed by atoms with E-state index in [1.54, 1.807) is 0 Å². The van der Waals surface area contributed by atoms with Gasteiger partial charge in [-0.1, -0.05) is 6.42 Å². The first-order valence-corrected chi connectivity index (χ1v) is 6.47. The fourth-order valence-electron chi connectivity index (χ4n) is 1.43. The summed E-state index contributed by atoms with van der Waals surface area (Å²) in [6.45, 7) is 0.940. The quantitative estimate of drug-likeness (QED) is 0.228. The summed E-state index contributed by atoms with van der Waals surface area (Å²) in [4.78, 5) is 25.4. The van der Waals surface area contributed by atoms with Crippen molar-refractivity contribution in [3.8, 4) is 0 Å². The van der Waals surface area contributed by atoms with Crippen molar-refractivity contribution in [3.63, 3.8) is 0 Å². The molecule has 0 aliphatic carbocycles. The van der Waals surface area contributed by atoms with E-state index < -0.39 is 17.1 Å². The molecule has 1 unspecified atom stereocenters. The van der Waals surface area contributed by atoms with Gasteiger partial charge in [0.05, 0.1) is 13.2 Å². The van der Waals surface area contributed by atoms with Crippen LogP contribution in [-0.4, -0.2) is 36.9 Å². The summed E-state index contributed by atoms with van der Waals surface area (Å²) in [5.41, 5.74) is 11.0. The maximum absolute atomic E-state index is 11.4. The standard InChI is InChI=1S/C11H23N3O5/c12-7-3-2-6-10(13)11(15)18-8-4-1-5-9-19-14(16)17/h10H,1-9,12-13H2. The zero-order valence-corrected chi connectivity index (χ0v) is 11.1. The zero-order valence-electron chi connectivity index (χ0n) is 11.1. The van der Waals surface area contributed by atoms with Crippen LogP contribution in [0.4, 0.5) is 0 Å². The third-order valence-corrected chi connectivity index (χ3v) is 2.50. The molecule has 0 amide bonds. The number of carbonyl (C=O) groups is 1. The first-order valence-electron chi connectivity index (χ1n) is 6.47. The lowest BCUT2D eigenvalue weighted by Gasteiger charge is -2.11. The van der Waals surface area contributed by atoms with Gasteiger partial charge >= 0.3 is 5.97 Å². The minimum absolute atomic E-state index is 0.0690. The second kappa shape index (κ2) is 11.7. The number of unbranched alkanes of at least 4 members (excludes halogenated alkanes) is 3. The van der Waals surface area contributed by atoms with E-state index in [0.717, 1.165) is 12.8 Å². The SMILES string of the molecule is NCCCCC(N)C(=O)OCCCCCO[N+](=O)[O-]. The highest BCUT2D eigenvalue weighted by Crippen LogP contribution is 2.02. The Kier molecular flexibility index (Phi) is 10.8. The Labute approximate surface area is 112 Å². The third-order valence-electron chi connectivity index (χ3n) is 2.50. The molecule has 0 saturated heterocycles. The summed E-state index contributed by atoms with van der Waals surface area (Å²) in [5.74, 6) is -0.404. The number of hydrogen-bond acceptors (Lipinski definition) is 7. The molecule has 19 heavy (non-hydrogen) atoms. The first-order chi connectivity index (χ1) is 9.07. The molecule has 1 atom stereocenters. The van der Waals surface area contributed by atoms with E-state index in [-0.39, 0.29) is 13.2 Å². The van der Waals surface area contributed by atoms with Gasteiger partial charge in [0.25, 0.3) is 5.09 Å². The molecule has 0 aromatic heterocycles. The molecule has 0 bridgehead atoms. The van der Waals surface area contributed by atoms with E-state index in [1.165, 1.54) is 0 Å². The summed E-state index contributed by atoms with van der Waals surface area (Å²) >= 11 is 0. The van der Waals surface area contributed by atoms with Gasteiger partial charge in [-0.3, -0.25) is 4.79 Å². The lowest BCUT2D eigenvalue weighted by Crippen LogP contribution is -2.32. The molecule has 0 rings (SSSR count). The van der Waals surface area contributed by atoms with Crippen molar-refractivity contribution in [1.29, 1.82) is 0 Å². The van der Waals surface area contributed by atoms with Crippen LogP contribution in [-0.2, 0) is 14.4 Å². The molecular weight excluding hydrogens is 254 g/mol.